The predicted octanol–water partition coefficient (Wildman–Crippen LogP) is 10.3. The Labute approximate surface area is 220 Å². The van der Waals surface area contributed by atoms with Gasteiger partial charge in [-0.2, -0.15) is 0 Å². The Balaban J connectivity index is 1.80. The highest BCUT2D eigenvalue weighted by molar-refractivity contribution is 7.99. The second-order valence-electron chi connectivity index (χ2n) is 9.50. The third-order valence-electron chi connectivity index (χ3n) is 6.35. The van der Waals surface area contributed by atoms with Gasteiger partial charge in [0.2, 0.25) is 0 Å². The lowest BCUT2D eigenvalue weighted by molar-refractivity contribution is 0.611. The van der Waals surface area contributed by atoms with Gasteiger partial charge in [-0.05, 0) is 73.5 Å². The minimum atomic E-state index is 0.937. The second-order valence-corrected chi connectivity index (χ2v) is 10.5. The minimum Gasteiger partial charge on any atom is -0.249 e. The Morgan fingerprint density at radius 3 is 1.46 bits per heavy atom. The van der Waals surface area contributed by atoms with Crippen LogP contribution in [0.4, 0.5) is 0 Å². The highest BCUT2D eigenvalue weighted by Gasteiger charge is 2.09. The van der Waals surface area contributed by atoms with Crippen LogP contribution in [0.5, 0.6) is 0 Å². The number of nitrogens with zero attached hydrogens (tertiary/aromatic N) is 2. The lowest BCUT2D eigenvalue weighted by atomic mass is 10.1. The fraction of sp³-hybridized carbons (Fsp3) is 0.562. The molecule has 0 bridgehead atoms. The van der Waals surface area contributed by atoms with Crippen LogP contribution in [0.3, 0.4) is 0 Å². The summed E-state index contributed by atoms with van der Waals surface area (Å²) in [6.07, 6.45) is 33.6. The summed E-state index contributed by atoms with van der Waals surface area (Å²) in [5.41, 5.74) is 2.57. The zero-order chi connectivity index (χ0) is 24.8. The molecule has 0 amide bonds. The van der Waals surface area contributed by atoms with Crippen molar-refractivity contribution in [1.82, 2.24) is 9.97 Å². The van der Waals surface area contributed by atoms with Crippen LogP contribution in [0.2, 0.25) is 0 Å². The molecule has 192 valence electrons. The molecule has 2 aromatic rings. The molecule has 2 nitrogen and oxygen atoms in total. The smallest absolute Gasteiger partial charge is 0.106 e. The van der Waals surface area contributed by atoms with Crippen LogP contribution in [0.15, 0.2) is 71.0 Å². The Bertz CT molecular complexity index is 773. The highest BCUT2D eigenvalue weighted by Crippen LogP contribution is 2.30. The molecule has 0 aromatic carbocycles. The van der Waals surface area contributed by atoms with Gasteiger partial charge in [0, 0.05) is 12.4 Å². The molecule has 0 saturated carbocycles. The van der Waals surface area contributed by atoms with Crippen molar-refractivity contribution in [2.45, 2.75) is 127 Å². The third kappa shape index (κ3) is 13.7. The van der Waals surface area contributed by atoms with Crippen LogP contribution in [0.1, 0.15) is 115 Å². The van der Waals surface area contributed by atoms with E-state index in [1.54, 1.807) is 11.8 Å². The molecular weight excluding hydrogens is 444 g/mol. The van der Waals surface area contributed by atoms with E-state index in [4.69, 9.17) is 9.97 Å². The predicted molar refractivity (Wildman–Crippen MR) is 154 cm³/mol. The van der Waals surface area contributed by atoms with Crippen molar-refractivity contribution in [3.05, 3.63) is 72.1 Å². The van der Waals surface area contributed by atoms with Crippen LogP contribution in [-0.4, -0.2) is 9.97 Å². The second kappa shape index (κ2) is 20.3. The molecule has 0 saturated heterocycles. The van der Waals surface area contributed by atoms with Crippen molar-refractivity contribution < 1.29 is 0 Å². The zero-order valence-corrected chi connectivity index (χ0v) is 23.2. The molecule has 0 spiro atoms. The zero-order valence-electron chi connectivity index (χ0n) is 22.4. The van der Waals surface area contributed by atoms with E-state index in [1.807, 2.05) is 24.5 Å². The van der Waals surface area contributed by atoms with Crippen molar-refractivity contribution in [3.63, 3.8) is 0 Å². The number of pyridine rings is 2. The summed E-state index contributed by atoms with van der Waals surface area (Å²) in [7, 11) is 0. The molecule has 0 atom stereocenters. The number of hydrogen-bond acceptors (Lipinski definition) is 3. The maximum Gasteiger partial charge on any atom is 0.106 e. The van der Waals surface area contributed by atoms with E-state index >= 15 is 0 Å². The van der Waals surface area contributed by atoms with Crippen molar-refractivity contribution in [1.29, 1.82) is 0 Å². The largest absolute Gasteiger partial charge is 0.249 e. The van der Waals surface area contributed by atoms with E-state index in [9.17, 15) is 0 Å². The van der Waals surface area contributed by atoms with Gasteiger partial charge in [-0.3, -0.25) is 0 Å². The van der Waals surface area contributed by atoms with Crippen molar-refractivity contribution in [2.24, 2.45) is 0 Å². The van der Waals surface area contributed by atoms with Gasteiger partial charge in [0.15, 0.2) is 0 Å². The van der Waals surface area contributed by atoms with Gasteiger partial charge in [0.05, 0.1) is 0 Å². The summed E-state index contributed by atoms with van der Waals surface area (Å²) in [6, 6.07) is 8.50. The van der Waals surface area contributed by atoms with Gasteiger partial charge in [-0.1, -0.05) is 114 Å². The van der Waals surface area contributed by atoms with E-state index in [-0.39, 0.29) is 0 Å². The van der Waals surface area contributed by atoms with Gasteiger partial charge in [0.25, 0.3) is 0 Å². The fourth-order valence-corrected chi connectivity index (χ4v) is 5.15. The summed E-state index contributed by atoms with van der Waals surface area (Å²) in [4.78, 5) is 9.39. The average molecular weight is 493 g/mol. The van der Waals surface area contributed by atoms with E-state index < -0.39 is 0 Å². The molecule has 0 aliphatic heterocycles. The molecule has 0 aliphatic rings. The first-order valence-corrected chi connectivity index (χ1v) is 15.0. The Morgan fingerprint density at radius 1 is 0.571 bits per heavy atom. The number of unbranched alkanes of at least 4 members (excludes halogenated alkanes) is 12. The van der Waals surface area contributed by atoms with Crippen molar-refractivity contribution >= 4 is 11.8 Å². The number of rotatable bonds is 20. The maximum atomic E-state index is 4.69. The van der Waals surface area contributed by atoms with E-state index in [0.717, 1.165) is 22.9 Å². The van der Waals surface area contributed by atoms with Gasteiger partial charge in [-0.15, -0.1) is 0 Å². The number of allylic oxidation sites excluding steroid dienone is 4. The van der Waals surface area contributed by atoms with Gasteiger partial charge in [-0.25, -0.2) is 9.97 Å². The standard InChI is InChI=1S/C32H48N2S/c1-3-5-7-9-11-13-15-17-19-23-29-25-21-27-33-31(29)35-32-30(26-22-28-34-32)24-20-18-16-14-12-10-8-6-4-2/h17-22,25-28H,3-16,23-24H2,1-2H3. The van der Waals surface area contributed by atoms with Crippen LogP contribution < -0.4 is 0 Å². The Kier molecular flexibility index (Phi) is 17.1. The molecule has 0 N–H and O–H groups in total. The molecule has 0 aliphatic carbocycles. The SMILES string of the molecule is CCCCCCCCC=CCc1cccnc1Sc1ncccc1CC=CCCCCCCCC. The van der Waals surface area contributed by atoms with Crippen molar-refractivity contribution in [3.8, 4) is 0 Å². The summed E-state index contributed by atoms with van der Waals surface area (Å²) >= 11 is 1.71. The van der Waals surface area contributed by atoms with Crippen LogP contribution in [-0.2, 0) is 12.8 Å². The Hall–Kier alpha value is -1.87. The van der Waals surface area contributed by atoms with Gasteiger partial charge in [0.1, 0.15) is 10.1 Å². The first-order chi connectivity index (χ1) is 17.3. The van der Waals surface area contributed by atoms with Gasteiger partial charge >= 0.3 is 0 Å². The lowest BCUT2D eigenvalue weighted by Crippen LogP contribution is -1.94. The third-order valence-corrected chi connectivity index (χ3v) is 7.47. The molecule has 2 rings (SSSR count). The van der Waals surface area contributed by atoms with E-state index in [1.165, 1.54) is 101 Å². The average Bonchev–Trinajstić information content (AvgIpc) is 2.88. The maximum absolute atomic E-state index is 4.69. The molecule has 2 heterocycles. The first-order valence-electron chi connectivity index (χ1n) is 14.2. The number of hydrogen-bond donors (Lipinski definition) is 0. The monoisotopic (exact) mass is 492 g/mol. The summed E-state index contributed by atoms with van der Waals surface area (Å²) < 4.78 is 0. The first kappa shape index (κ1) is 29.4. The van der Waals surface area contributed by atoms with Crippen molar-refractivity contribution in [2.75, 3.05) is 0 Å². The molecule has 0 unspecified atom stereocenters. The van der Waals surface area contributed by atoms with E-state index in [0.29, 0.717) is 0 Å². The summed E-state index contributed by atoms with van der Waals surface area (Å²) in [5.74, 6) is 0. The van der Waals surface area contributed by atoms with E-state index in [2.05, 4.69) is 50.3 Å². The molecule has 2 aromatic heterocycles. The topological polar surface area (TPSA) is 25.8 Å². The molecular formula is C32H48N2S. The normalized spacial score (nSPS) is 11.7. The van der Waals surface area contributed by atoms with Crippen LogP contribution >= 0.6 is 11.8 Å². The Morgan fingerprint density at radius 2 is 1.00 bits per heavy atom. The highest BCUT2D eigenvalue weighted by atomic mass is 32.2. The molecule has 0 fully saturated rings. The minimum absolute atomic E-state index is 0.937. The molecule has 0 radical (unpaired) electrons. The van der Waals surface area contributed by atoms with Gasteiger partial charge < -0.3 is 0 Å². The van der Waals surface area contributed by atoms with Crippen LogP contribution in [0, 0.1) is 0 Å². The summed E-state index contributed by atoms with van der Waals surface area (Å²) in [5, 5.41) is 2.15. The fourth-order valence-electron chi connectivity index (χ4n) is 4.18. The lowest BCUT2D eigenvalue weighted by Gasteiger charge is -2.09. The number of aromatic nitrogens is 2. The molecule has 3 heteroatoms. The summed E-state index contributed by atoms with van der Waals surface area (Å²) in [6.45, 7) is 4.55. The van der Waals surface area contributed by atoms with Crippen LogP contribution in [0.25, 0.3) is 0 Å². The molecule has 35 heavy (non-hydrogen) atoms. The quantitative estimate of drug-likeness (QED) is 0.136.